The molecule has 0 aliphatic heterocycles. The van der Waals surface area contributed by atoms with Crippen molar-refractivity contribution >= 4 is 11.6 Å². The van der Waals surface area contributed by atoms with E-state index in [0.29, 0.717) is 5.56 Å². The number of halogens is 4. The average molecular weight is 285 g/mol. The number of hydrogen-bond acceptors (Lipinski definition) is 3. The smallest absolute Gasteiger partial charge is 0.411 e. The fourth-order valence-corrected chi connectivity index (χ4v) is 1.40. The summed E-state index contributed by atoms with van der Waals surface area (Å²) < 4.78 is 44.5. The molecule has 1 N–H and O–H groups in total. The molecule has 1 rings (SSSR count). The Morgan fingerprint density at radius 1 is 1.39 bits per heavy atom. The highest BCUT2D eigenvalue weighted by Crippen LogP contribution is 2.28. The molecule has 0 aliphatic carbocycles. The lowest BCUT2D eigenvalue weighted by molar-refractivity contribution is -0.186. The molecule has 0 radical (unpaired) electrons. The van der Waals surface area contributed by atoms with Crippen LogP contribution in [0.5, 0.6) is 5.75 Å². The van der Waals surface area contributed by atoms with E-state index < -0.39 is 25.7 Å². The SMILES string of the molecule is C[C@H](O)c1ccc(OCOCC(F)(F)F)c(Cl)c1. The topological polar surface area (TPSA) is 38.7 Å². The van der Waals surface area contributed by atoms with Crippen LogP contribution in [-0.4, -0.2) is 24.7 Å². The number of alkyl halides is 3. The van der Waals surface area contributed by atoms with Gasteiger partial charge in [0, 0.05) is 0 Å². The Hall–Kier alpha value is -0.980. The second-order valence-electron chi connectivity index (χ2n) is 3.59. The van der Waals surface area contributed by atoms with E-state index in [1.807, 2.05) is 0 Å². The highest BCUT2D eigenvalue weighted by atomic mass is 35.5. The number of benzene rings is 1. The summed E-state index contributed by atoms with van der Waals surface area (Å²) in [6.45, 7) is -0.359. The van der Waals surface area contributed by atoms with Crippen molar-refractivity contribution in [3.63, 3.8) is 0 Å². The summed E-state index contributed by atoms with van der Waals surface area (Å²) in [5, 5.41) is 9.49. The van der Waals surface area contributed by atoms with Crippen LogP contribution in [0.3, 0.4) is 0 Å². The fourth-order valence-electron chi connectivity index (χ4n) is 1.16. The van der Waals surface area contributed by atoms with Gasteiger partial charge < -0.3 is 14.6 Å². The fraction of sp³-hybridized carbons (Fsp3) is 0.455. The van der Waals surface area contributed by atoms with Crippen molar-refractivity contribution < 1.29 is 27.8 Å². The second kappa shape index (κ2) is 6.26. The molecule has 18 heavy (non-hydrogen) atoms. The molecular formula is C11H12ClF3O3. The van der Waals surface area contributed by atoms with Crippen LogP contribution in [0.1, 0.15) is 18.6 Å². The standard InChI is InChI=1S/C11H12ClF3O3/c1-7(16)8-2-3-10(9(12)4-8)18-6-17-5-11(13,14)15/h2-4,7,16H,5-6H2,1H3/t7-/m0/s1. The summed E-state index contributed by atoms with van der Waals surface area (Å²) in [5.74, 6) is 0.197. The zero-order valence-electron chi connectivity index (χ0n) is 9.50. The van der Waals surface area contributed by atoms with Gasteiger partial charge in [-0.25, -0.2) is 0 Å². The van der Waals surface area contributed by atoms with E-state index in [0.717, 1.165) is 0 Å². The average Bonchev–Trinajstić information content (AvgIpc) is 2.24. The van der Waals surface area contributed by atoms with Gasteiger partial charge in [-0.05, 0) is 24.6 Å². The molecule has 0 saturated heterocycles. The first-order valence-corrected chi connectivity index (χ1v) is 5.42. The van der Waals surface area contributed by atoms with Gasteiger partial charge in [-0.15, -0.1) is 0 Å². The Kier molecular flexibility index (Phi) is 5.25. The Balaban J connectivity index is 2.48. The van der Waals surface area contributed by atoms with Crippen LogP contribution in [-0.2, 0) is 4.74 Å². The minimum Gasteiger partial charge on any atom is -0.466 e. The van der Waals surface area contributed by atoms with Crippen molar-refractivity contribution in [2.45, 2.75) is 19.2 Å². The van der Waals surface area contributed by atoms with E-state index in [1.54, 1.807) is 13.0 Å². The molecule has 102 valence electrons. The Morgan fingerprint density at radius 2 is 2.06 bits per heavy atom. The van der Waals surface area contributed by atoms with Gasteiger partial charge in [0.25, 0.3) is 0 Å². The third-order valence-corrected chi connectivity index (χ3v) is 2.30. The van der Waals surface area contributed by atoms with Crippen LogP contribution in [0.4, 0.5) is 13.2 Å². The maximum absolute atomic E-state index is 11.8. The van der Waals surface area contributed by atoms with Crippen molar-refractivity contribution in [1.82, 2.24) is 0 Å². The predicted molar refractivity (Wildman–Crippen MR) is 59.6 cm³/mol. The lowest BCUT2D eigenvalue weighted by atomic mass is 10.1. The summed E-state index contributed by atoms with van der Waals surface area (Å²) in [6.07, 6.45) is -5.07. The van der Waals surface area contributed by atoms with Crippen LogP contribution in [0.15, 0.2) is 18.2 Å². The Bertz CT molecular complexity index is 394. The molecule has 0 aliphatic rings. The van der Waals surface area contributed by atoms with Crippen LogP contribution < -0.4 is 4.74 Å². The Morgan fingerprint density at radius 3 is 2.56 bits per heavy atom. The lowest BCUT2D eigenvalue weighted by Gasteiger charge is -2.12. The number of rotatable bonds is 5. The van der Waals surface area contributed by atoms with Gasteiger partial charge in [0.15, 0.2) is 6.79 Å². The van der Waals surface area contributed by atoms with E-state index in [1.165, 1.54) is 12.1 Å². The van der Waals surface area contributed by atoms with E-state index in [9.17, 15) is 18.3 Å². The molecule has 3 nitrogen and oxygen atoms in total. The molecule has 1 aromatic rings. The highest BCUT2D eigenvalue weighted by molar-refractivity contribution is 6.32. The van der Waals surface area contributed by atoms with Crippen molar-refractivity contribution in [3.05, 3.63) is 28.8 Å². The van der Waals surface area contributed by atoms with Gasteiger partial charge in [-0.3, -0.25) is 0 Å². The van der Waals surface area contributed by atoms with Gasteiger partial charge >= 0.3 is 6.18 Å². The van der Waals surface area contributed by atoms with E-state index in [-0.39, 0.29) is 10.8 Å². The predicted octanol–water partition coefficient (Wildman–Crippen LogP) is 3.31. The molecule has 0 fully saturated rings. The first-order chi connectivity index (χ1) is 8.29. The number of aliphatic hydroxyl groups excluding tert-OH is 1. The maximum atomic E-state index is 11.8. The zero-order valence-corrected chi connectivity index (χ0v) is 10.3. The number of ether oxygens (including phenoxy) is 2. The Labute approximate surface area is 107 Å². The minimum atomic E-state index is -4.39. The first-order valence-electron chi connectivity index (χ1n) is 5.04. The molecule has 0 spiro atoms. The third kappa shape index (κ3) is 5.12. The minimum absolute atomic E-state index is 0.197. The van der Waals surface area contributed by atoms with E-state index >= 15 is 0 Å². The van der Waals surface area contributed by atoms with Gasteiger partial charge in [-0.1, -0.05) is 17.7 Å². The normalized spacial score (nSPS) is 13.4. The molecule has 7 heteroatoms. The monoisotopic (exact) mass is 284 g/mol. The van der Waals surface area contributed by atoms with Crippen molar-refractivity contribution in [2.24, 2.45) is 0 Å². The summed E-state index contributed by atoms with van der Waals surface area (Å²) >= 11 is 5.83. The molecule has 0 aromatic heterocycles. The molecule has 0 saturated carbocycles. The molecule has 1 aromatic carbocycles. The molecule has 0 amide bonds. The van der Waals surface area contributed by atoms with Crippen LogP contribution in [0.2, 0.25) is 5.02 Å². The number of hydrogen-bond donors (Lipinski definition) is 1. The summed E-state index contributed by atoms with van der Waals surface area (Å²) in [5.41, 5.74) is 0.587. The van der Waals surface area contributed by atoms with Crippen molar-refractivity contribution in [2.75, 3.05) is 13.4 Å². The van der Waals surface area contributed by atoms with Crippen LogP contribution in [0.25, 0.3) is 0 Å². The first kappa shape index (κ1) is 15.1. The number of aliphatic hydroxyl groups is 1. The van der Waals surface area contributed by atoms with E-state index in [4.69, 9.17) is 16.3 Å². The molecule has 0 unspecified atom stereocenters. The maximum Gasteiger partial charge on any atom is 0.411 e. The third-order valence-electron chi connectivity index (χ3n) is 2.00. The van der Waals surface area contributed by atoms with Gasteiger partial charge in [0.05, 0.1) is 11.1 Å². The van der Waals surface area contributed by atoms with Crippen molar-refractivity contribution in [3.8, 4) is 5.75 Å². The van der Waals surface area contributed by atoms with Gasteiger partial charge in [0.1, 0.15) is 12.4 Å². The molecular weight excluding hydrogens is 273 g/mol. The summed E-state index contributed by atoms with van der Waals surface area (Å²) in [7, 11) is 0. The molecule has 1 atom stereocenters. The molecule has 0 heterocycles. The highest BCUT2D eigenvalue weighted by Gasteiger charge is 2.27. The zero-order chi connectivity index (χ0) is 13.8. The van der Waals surface area contributed by atoms with E-state index in [2.05, 4.69) is 4.74 Å². The van der Waals surface area contributed by atoms with Crippen LogP contribution in [0, 0.1) is 0 Å². The van der Waals surface area contributed by atoms with Crippen LogP contribution >= 0.6 is 11.6 Å². The van der Waals surface area contributed by atoms with Crippen molar-refractivity contribution in [1.29, 1.82) is 0 Å². The summed E-state index contributed by atoms with van der Waals surface area (Å²) in [4.78, 5) is 0. The van der Waals surface area contributed by atoms with Gasteiger partial charge in [0.2, 0.25) is 0 Å². The van der Waals surface area contributed by atoms with Gasteiger partial charge in [-0.2, -0.15) is 13.2 Å². The second-order valence-corrected chi connectivity index (χ2v) is 4.00. The summed E-state index contributed by atoms with van der Waals surface area (Å²) in [6, 6.07) is 4.50. The lowest BCUT2D eigenvalue weighted by Crippen LogP contribution is -2.19. The molecule has 0 bridgehead atoms. The quantitative estimate of drug-likeness (QED) is 0.666. The largest absolute Gasteiger partial charge is 0.466 e.